The van der Waals surface area contributed by atoms with Gasteiger partial charge in [-0.15, -0.1) is 0 Å². The zero-order chi connectivity index (χ0) is 25.1. The monoisotopic (exact) mass is 474 g/mol. The van der Waals surface area contributed by atoms with Gasteiger partial charge in [0.05, 0.1) is 11.1 Å². The van der Waals surface area contributed by atoms with Crippen molar-refractivity contribution in [3.63, 3.8) is 0 Å². The van der Waals surface area contributed by atoms with Crippen LogP contribution in [0.3, 0.4) is 0 Å². The number of hydrogen-bond donors (Lipinski definition) is 2. The third kappa shape index (κ3) is 12.6. The van der Waals surface area contributed by atoms with Crippen molar-refractivity contribution in [2.24, 2.45) is 5.41 Å². The van der Waals surface area contributed by atoms with Gasteiger partial charge in [0.15, 0.2) is 0 Å². The Hall–Kier alpha value is -1.84. The van der Waals surface area contributed by atoms with E-state index in [2.05, 4.69) is 13.8 Å². The summed E-state index contributed by atoms with van der Waals surface area (Å²) in [6, 6.07) is 5.48. The third-order valence-electron chi connectivity index (χ3n) is 7.42. The van der Waals surface area contributed by atoms with Crippen molar-refractivity contribution in [2.75, 3.05) is 0 Å². The van der Waals surface area contributed by atoms with Crippen LogP contribution in [0, 0.1) is 5.41 Å². The van der Waals surface area contributed by atoms with E-state index in [9.17, 15) is 9.59 Å². The van der Waals surface area contributed by atoms with E-state index in [1.54, 1.807) is 25.7 Å². The molecule has 4 nitrogen and oxygen atoms in total. The maximum atomic E-state index is 10.5. The number of carbonyl (C=O) groups is 2. The highest BCUT2D eigenvalue weighted by Crippen LogP contribution is 2.44. The van der Waals surface area contributed by atoms with E-state index >= 15 is 0 Å². The molecule has 0 bridgehead atoms. The number of rotatable bonds is 16. The second kappa shape index (κ2) is 18.5. The minimum atomic E-state index is -1.23. The first-order chi connectivity index (χ1) is 16.5. The molecule has 1 aromatic carbocycles. The molecule has 1 aliphatic rings. The molecule has 0 heterocycles. The van der Waals surface area contributed by atoms with Crippen LogP contribution >= 0.6 is 0 Å². The highest BCUT2D eigenvalue weighted by molar-refractivity contribution is 6.01. The lowest BCUT2D eigenvalue weighted by Gasteiger charge is -2.38. The third-order valence-corrected chi connectivity index (χ3v) is 7.42. The summed E-state index contributed by atoms with van der Waals surface area (Å²) in [5, 5.41) is 17.1. The number of carboxylic acid groups (broad SMARTS) is 2. The summed E-state index contributed by atoms with van der Waals surface area (Å²) in [5.74, 6) is -2.46. The molecular formula is C30H50O4. The lowest BCUT2D eigenvalue weighted by Crippen LogP contribution is -2.24. The highest BCUT2D eigenvalue weighted by atomic mass is 16.4. The molecule has 0 aliphatic heterocycles. The van der Waals surface area contributed by atoms with Crippen LogP contribution in [-0.4, -0.2) is 22.2 Å². The number of benzene rings is 1. The molecule has 1 saturated carbocycles. The largest absolute Gasteiger partial charge is 0.478 e. The van der Waals surface area contributed by atoms with Crippen molar-refractivity contribution in [1.29, 1.82) is 0 Å². The van der Waals surface area contributed by atoms with Crippen LogP contribution in [0.2, 0.25) is 0 Å². The fraction of sp³-hybridized carbons (Fsp3) is 0.733. The van der Waals surface area contributed by atoms with Gasteiger partial charge in [-0.2, -0.15) is 0 Å². The predicted octanol–water partition coefficient (Wildman–Crippen LogP) is 9.52. The SMILES string of the molecule is CCCCCCCCC1(CCCCCCCC)CCCCC1.O=C(O)c1ccccc1C(=O)O. The van der Waals surface area contributed by atoms with Gasteiger partial charge in [-0.3, -0.25) is 0 Å². The molecule has 4 heteroatoms. The van der Waals surface area contributed by atoms with Crippen LogP contribution in [0.5, 0.6) is 0 Å². The quantitative estimate of drug-likeness (QED) is 0.234. The minimum absolute atomic E-state index is 0.190. The maximum Gasteiger partial charge on any atom is 0.336 e. The Balaban J connectivity index is 0.000000404. The molecule has 1 fully saturated rings. The minimum Gasteiger partial charge on any atom is -0.478 e. The molecule has 0 radical (unpaired) electrons. The van der Waals surface area contributed by atoms with Gasteiger partial charge in [-0.1, -0.05) is 122 Å². The Morgan fingerprint density at radius 3 is 1.41 bits per heavy atom. The van der Waals surface area contributed by atoms with Gasteiger partial charge in [0.2, 0.25) is 0 Å². The van der Waals surface area contributed by atoms with Gasteiger partial charge in [0, 0.05) is 0 Å². The van der Waals surface area contributed by atoms with Crippen LogP contribution in [-0.2, 0) is 0 Å². The molecule has 1 aliphatic carbocycles. The summed E-state index contributed by atoms with van der Waals surface area (Å²) in [4.78, 5) is 20.9. The van der Waals surface area contributed by atoms with Gasteiger partial charge in [0.1, 0.15) is 0 Å². The number of hydrogen-bond acceptors (Lipinski definition) is 2. The highest BCUT2D eigenvalue weighted by Gasteiger charge is 2.30. The molecule has 0 amide bonds. The van der Waals surface area contributed by atoms with E-state index < -0.39 is 11.9 Å². The van der Waals surface area contributed by atoms with Crippen molar-refractivity contribution in [1.82, 2.24) is 0 Å². The average Bonchev–Trinajstić information content (AvgIpc) is 2.84. The summed E-state index contributed by atoms with van der Waals surface area (Å²) in [7, 11) is 0. The molecule has 0 aromatic heterocycles. The summed E-state index contributed by atoms with van der Waals surface area (Å²) >= 11 is 0. The second-order valence-corrected chi connectivity index (χ2v) is 10.3. The van der Waals surface area contributed by atoms with Gasteiger partial charge >= 0.3 is 11.9 Å². The zero-order valence-corrected chi connectivity index (χ0v) is 22.0. The first kappa shape index (κ1) is 30.2. The Labute approximate surface area is 208 Å². The zero-order valence-electron chi connectivity index (χ0n) is 22.0. The van der Waals surface area contributed by atoms with Crippen LogP contribution in [0.25, 0.3) is 0 Å². The first-order valence-electron chi connectivity index (χ1n) is 14.0. The topological polar surface area (TPSA) is 74.6 Å². The lowest BCUT2D eigenvalue weighted by molar-refractivity contribution is 0.0651. The lowest BCUT2D eigenvalue weighted by atomic mass is 9.68. The predicted molar refractivity (Wildman–Crippen MR) is 142 cm³/mol. The normalized spacial score (nSPS) is 14.8. The van der Waals surface area contributed by atoms with Crippen molar-refractivity contribution in [3.8, 4) is 0 Å². The van der Waals surface area contributed by atoms with E-state index in [4.69, 9.17) is 10.2 Å². The van der Waals surface area contributed by atoms with Gasteiger partial charge in [0.25, 0.3) is 0 Å². The van der Waals surface area contributed by atoms with E-state index in [0.717, 1.165) is 5.41 Å². The molecule has 0 spiro atoms. The fourth-order valence-corrected chi connectivity index (χ4v) is 5.34. The Bertz CT molecular complexity index is 625. The molecule has 0 atom stereocenters. The van der Waals surface area contributed by atoms with E-state index in [1.807, 2.05) is 0 Å². The molecule has 0 saturated heterocycles. The second-order valence-electron chi connectivity index (χ2n) is 10.3. The van der Waals surface area contributed by atoms with Crippen molar-refractivity contribution >= 4 is 11.9 Å². The number of carboxylic acids is 2. The smallest absolute Gasteiger partial charge is 0.336 e. The number of unbranched alkanes of at least 4 members (excludes halogenated alkanes) is 10. The first-order valence-corrected chi connectivity index (χ1v) is 14.0. The van der Waals surface area contributed by atoms with Crippen LogP contribution < -0.4 is 0 Å². The fourth-order valence-electron chi connectivity index (χ4n) is 5.34. The Morgan fingerprint density at radius 1 is 0.647 bits per heavy atom. The van der Waals surface area contributed by atoms with E-state index in [1.165, 1.54) is 121 Å². The molecular weight excluding hydrogens is 424 g/mol. The average molecular weight is 475 g/mol. The van der Waals surface area contributed by atoms with Gasteiger partial charge in [-0.05, 0) is 43.2 Å². The summed E-state index contributed by atoms with van der Waals surface area (Å²) in [6.07, 6.45) is 28.3. The summed E-state index contributed by atoms with van der Waals surface area (Å²) in [5.41, 5.74) is 0.392. The van der Waals surface area contributed by atoms with E-state index in [-0.39, 0.29) is 11.1 Å². The van der Waals surface area contributed by atoms with Crippen LogP contribution in [0.1, 0.15) is 157 Å². The van der Waals surface area contributed by atoms with Gasteiger partial charge in [-0.25, -0.2) is 9.59 Å². The van der Waals surface area contributed by atoms with Crippen molar-refractivity contribution in [3.05, 3.63) is 35.4 Å². The molecule has 0 unspecified atom stereocenters. The van der Waals surface area contributed by atoms with Crippen LogP contribution in [0.4, 0.5) is 0 Å². The molecule has 1 aromatic rings. The van der Waals surface area contributed by atoms with Crippen molar-refractivity contribution in [2.45, 2.75) is 136 Å². The molecule has 34 heavy (non-hydrogen) atoms. The van der Waals surface area contributed by atoms with Crippen molar-refractivity contribution < 1.29 is 19.8 Å². The molecule has 2 N–H and O–H groups in total. The standard InChI is InChI=1S/C22H44.C8H6O4/c1-3-5-7-9-11-14-18-22(20-16-13-17-21-22)19-15-12-10-8-6-4-2;9-7(10)5-3-1-2-4-6(5)8(11)12/h3-21H2,1-2H3;1-4H,(H,9,10)(H,11,12). The van der Waals surface area contributed by atoms with Crippen LogP contribution in [0.15, 0.2) is 24.3 Å². The molecule has 194 valence electrons. The van der Waals surface area contributed by atoms with Gasteiger partial charge < -0.3 is 10.2 Å². The summed E-state index contributed by atoms with van der Waals surface area (Å²) < 4.78 is 0. The summed E-state index contributed by atoms with van der Waals surface area (Å²) in [6.45, 7) is 4.63. The number of aromatic carboxylic acids is 2. The molecule has 2 rings (SSSR count). The Kier molecular flexibility index (Phi) is 16.4. The Morgan fingerprint density at radius 2 is 1.03 bits per heavy atom. The van der Waals surface area contributed by atoms with E-state index in [0.29, 0.717) is 0 Å². The maximum absolute atomic E-state index is 10.5.